The summed E-state index contributed by atoms with van der Waals surface area (Å²) in [5.74, 6) is -0.0893. The fraction of sp³-hybridized carbons (Fsp3) is 0.500. The molecule has 2 rings (SSSR count). The lowest BCUT2D eigenvalue weighted by Crippen LogP contribution is -2.45. The van der Waals surface area contributed by atoms with E-state index in [2.05, 4.69) is 5.32 Å². The molecule has 0 aromatic heterocycles. The van der Waals surface area contributed by atoms with E-state index in [1.54, 1.807) is 11.8 Å². The number of hydrogen-bond acceptors (Lipinski definition) is 3. The highest BCUT2D eigenvalue weighted by molar-refractivity contribution is 7.98. The van der Waals surface area contributed by atoms with Crippen molar-refractivity contribution in [3.05, 3.63) is 29.8 Å². The number of aliphatic hydroxyl groups is 1. The van der Waals surface area contributed by atoms with Gasteiger partial charge in [0.25, 0.3) is 5.91 Å². The summed E-state index contributed by atoms with van der Waals surface area (Å²) in [7, 11) is 0. The Bertz CT molecular complexity index is 405. The summed E-state index contributed by atoms with van der Waals surface area (Å²) in [6.45, 7) is 0. The van der Waals surface area contributed by atoms with Crippen LogP contribution in [0.4, 0.5) is 0 Å². The maximum atomic E-state index is 12.0. The zero-order valence-electron chi connectivity index (χ0n) is 10.6. The second-order valence-electron chi connectivity index (χ2n) is 4.66. The van der Waals surface area contributed by atoms with Gasteiger partial charge in [-0.25, -0.2) is 0 Å². The van der Waals surface area contributed by atoms with Crippen molar-refractivity contribution in [3.63, 3.8) is 0 Å². The van der Waals surface area contributed by atoms with E-state index in [-0.39, 0.29) is 11.9 Å². The molecule has 98 valence electrons. The van der Waals surface area contributed by atoms with Crippen molar-refractivity contribution in [2.45, 2.75) is 42.7 Å². The summed E-state index contributed by atoms with van der Waals surface area (Å²) < 4.78 is 0. The molecule has 2 atom stereocenters. The zero-order valence-corrected chi connectivity index (χ0v) is 11.4. The highest BCUT2D eigenvalue weighted by Crippen LogP contribution is 2.19. The quantitative estimate of drug-likeness (QED) is 0.825. The second-order valence-corrected chi connectivity index (χ2v) is 5.54. The molecule has 0 heterocycles. The van der Waals surface area contributed by atoms with Crippen LogP contribution in [0, 0.1) is 0 Å². The molecule has 1 aliphatic carbocycles. The molecule has 4 heteroatoms. The molecule has 1 aromatic carbocycles. The monoisotopic (exact) mass is 265 g/mol. The highest BCUT2D eigenvalue weighted by Gasteiger charge is 2.24. The van der Waals surface area contributed by atoms with Gasteiger partial charge in [-0.1, -0.05) is 12.8 Å². The van der Waals surface area contributed by atoms with Crippen LogP contribution in [-0.2, 0) is 0 Å². The average Bonchev–Trinajstić information content (AvgIpc) is 2.41. The molecule has 1 aliphatic rings. The third-order valence-corrected chi connectivity index (χ3v) is 4.14. The standard InChI is InChI=1S/C14H19NO2S/c1-18-11-8-6-10(7-9-11)14(17)15-12-4-2-3-5-13(12)16/h6-9,12-13,16H,2-5H2,1H3,(H,15,17). The number of benzene rings is 1. The first-order valence-corrected chi connectivity index (χ1v) is 7.56. The molecule has 0 aliphatic heterocycles. The number of nitrogens with one attached hydrogen (secondary N) is 1. The molecule has 1 saturated carbocycles. The highest BCUT2D eigenvalue weighted by atomic mass is 32.2. The van der Waals surface area contributed by atoms with Gasteiger partial charge in [0, 0.05) is 10.5 Å². The Balaban J connectivity index is 1.97. The van der Waals surface area contributed by atoms with Gasteiger partial charge in [-0.05, 0) is 43.4 Å². The Morgan fingerprint density at radius 2 is 1.94 bits per heavy atom. The van der Waals surface area contributed by atoms with Crippen LogP contribution in [0.5, 0.6) is 0 Å². The largest absolute Gasteiger partial charge is 0.391 e. The number of amides is 1. The lowest BCUT2D eigenvalue weighted by molar-refractivity contribution is 0.0717. The van der Waals surface area contributed by atoms with Crippen molar-refractivity contribution < 1.29 is 9.90 Å². The molecular formula is C14H19NO2S. The van der Waals surface area contributed by atoms with Crippen LogP contribution in [0.1, 0.15) is 36.0 Å². The summed E-state index contributed by atoms with van der Waals surface area (Å²) in [6.07, 6.45) is 5.40. The van der Waals surface area contributed by atoms with E-state index in [1.165, 1.54) is 0 Å². The molecule has 0 saturated heterocycles. The van der Waals surface area contributed by atoms with Gasteiger partial charge in [-0.2, -0.15) is 0 Å². The first kappa shape index (κ1) is 13.4. The van der Waals surface area contributed by atoms with E-state index < -0.39 is 6.10 Å². The Morgan fingerprint density at radius 1 is 1.28 bits per heavy atom. The molecule has 0 bridgehead atoms. The van der Waals surface area contributed by atoms with E-state index in [1.807, 2.05) is 30.5 Å². The molecule has 1 amide bonds. The Labute approximate surface area is 112 Å². The lowest BCUT2D eigenvalue weighted by Gasteiger charge is -2.28. The van der Waals surface area contributed by atoms with Crippen LogP contribution in [-0.4, -0.2) is 29.4 Å². The smallest absolute Gasteiger partial charge is 0.251 e. The van der Waals surface area contributed by atoms with E-state index in [0.29, 0.717) is 5.56 Å². The van der Waals surface area contributed by atoms with Gasteiger partial charge in [-0.15, -0.1) is 11.8 Å². The third-order valence-electron chi connectivity index (χ3n) is 3.40. The van der Waals surface area contributed by atoms with Crippen molar-refractivity contribution in [2.75, 3.05) is 6.26 Å². The number of carbonyl (C=O) groups excluding carboxylic acids is 1. The van der Waals surface area contributed by atoms with Gasteiger partial charge < -0.3 is 10.4 Å². The SMILES string of the molecule is CSc1ccc(C(=O)NC2CCCCC2O)cc1. The van der Waals surface area contributed by atoms with Gasteiger partial charge in [0.2, 0.25) is 0 Å². The molecule has 2 unspecified atom stereocenters. The van der Waals surface area contributed by atoms with Crippen LogP contribution in [0.25, 0.3) is 0 Å². The fourth-order valence-corrected chi connectivity index (χ4v) is 2.68. The minimum atomic E-state index is -0.395. The summed E-state index contributed by atoms with van der Waals surface area (Å²) >= 11 is 1.65. The molecule has 1 aromatic rings. The van der Waals surface area contributed by atoms with Gasteiger partial charge in [0.05, 0.1) is 12.1 Å². The first-order valence-electron chi connectivity index (χ1n) is 6.33. The summed E-state index contributed by atoms with van der Waals surface area (Å²) in [4.78, 5) is 13.2. The topological polar surface area (TPSA) is 49.3 Å². The molecule has 0 radical (unpaired) electrons. The van der Waals surface area contributed by atoms with Crippen molar-refractivity contribution in [1.82, 2.24) is 5.32 Å². The van der Waals surface area contributed by atoms with Gasteiger partial charge in [0.15, 0.2) is 0 Å². The number of aliphatic hydroxyl groups excluding tert-OH is 1. The first-order chi connectivity index (χ1) is 8.70. The van der Waals surface area contributed by atoms with Crippen LogP contribution in [0.3, 0.4) is 0 Å². The fourth-order valence-electron chi connectivity index (χ4n) is 2.27. The van der Waals surface area contributed by atoms with Crippen molar-refractivity contribution in [2.24, 2.45) is 0 Å². The maximum Gasteiger partial charge on any atom is 0.251 e. The van der Waals surface area contributed by atoms with Crippen LogP contribution in [0.2, 0.25) is 0 Å². The third kappa shape index (κ3) is 3.27. The molecule has 2 N–H and O–H groups in total. The van der Waals surface area contributed by atoms with Gasteiger partial charge in [-0.3, -0.25) is 4.79 Å². The second kappa shape index (κ2) is 6.25. The van der Waals surface area contributed by atoms with Gasteiger partial charge >= 0.3 is 0 Å². The van der Waals surface area contributed by atoms with Crippen LogP contribution < -0.4 is 5.32 Å². The molecule has 3 nitrogen and oxygen atoms in total. The van der Waals surface area contributed by atoms with E-state index in [4.69, 9.17) is 0 Å². The number of thioether (sulfide) groups is 1. The van der Waals surface area contributed by atoms with E-state index in [9.17, 15) is 9.90 Å². The van der Waals surface area contributed by atoms with E-state index >= 15 is 0 Å². The predicted octanol–water partition coefficient (Wildman–Crippen LogP) is 2.44. The van der Waals surface area contributed by atoms with Gasteiger partial charge in [0.1, 0.15) is 0 Å². The summed E-state index contributed by atoms with van der Waals surface area (Å²) in [5, 5.41) is 12.8. The van der Waals surface area contributed by atoms with Crippen molar-refractivity contribution in [1.29, 1.82) is 0 Å². The Kier molecular flexibility index (Phi) is 4.66. The Morgan fingerprint density at radius 3 is 2.56 bits per heavy atom. The minimum absolute atomic E-state index is 0.0893. The lowest BCUT2D eigenvalue weighted by atomic mass is 9.92. The van der Waals surface area contributed by atoms with Crippen LogP contribution >= 0.6 is 11.8 Å². The molecule has 1 fully saturated rings. The minimum Gasteiger partial charge on any atom is -0.391 e. The normalized spacial score (nSPS) is 23.7. The number of carbonyl (C=O) groups is 1. The molecule has 18 heavy (non-hydrogen) atoms. The summed E-state index contributed by atoms with van der Waals surface area (Å²) in [5.41, 5.74) is 0.658. The van der Waals surface area contributed by atoms with Crippen LogP contribution in [0.15, 0.2) is 29.2 Å². The maximum absolute atomic E-state index is 12.0. The van der Waals surface area contributed by atoms with Crippen molar-refractivity contribution in [3.8, 4) is 0 Å². The summed E-state index contributed by atoms with van der Waals surface area (Å²) in [6, 6.07) is 7.45. The number of rotatable bonds is 3. The zero-order chi connectivity index (χ0) is 13.0. The Hall–Kier alpha value is -1.00. The molecule has 0 spiro atoms. The predicted molar refractivity (Wildman–Crippen MR) is 74.0 cm³/mol. The van der Waals surface area contributed by atoms with Crippen molar-refractivity contribution >= 4 is 17.7 Å². The average molecular weight is 265 g/mol. The molecular weight excluding hydrogens is 246 g/mol. The van der Waals surface area contributed by atoms with E-state index in [0.717, 1.165) is 30.6 Å². The number of hydrogen-bond donors (Lipinski definition) is 2.